The second-order valence-electron chi connectivity index (χ2n) is 5.96. The second-order valence-corrected chi connectivity index (χ2v) is 5.96. The summed E-state index contributed by atoms with van der Waals surface area (Å²) in [5.74, 6) is 1.45. The van der Waals surface area contributed by atoms with E-state index in [1.165, 1.54) is 37.7 Å². The van der Waals surface area contributed by atoms with E-state index in [0.717, 1.165) is 11.8 Å². The van der Waals surface area contributed by atoms with E-state index in [1.54, 1.807) is 12.1 Å². The Morgan fingerprint density at radius 1 is 1.26 bits per heavy atom. The van der Waals surface area contributed by atoms with E-state index in [0.29, 0.717) is 11.5 Å². The summed E-state index contributed by atoms with van der Waals surface area (Å²) in [6, 6.07) is 7.48. The van der Waals surface area contributed by atoms with Crippen molar-refractivity contribution in [3.63, 3.8) is 0 Å². The summed E-state index contributed by atoms with van der Waals surface area (Å²) in [7, 11) is 0. The molecule has 1 saturated carbocycles. The number of aromatic carboxylic acids is 1. The molecule has 1 fully saturated rings. The summed E-state index contributed by atoms with van der Waals surface area (Å²) in [5.41, 5.74) is 1.70. The minimum absolute atomic E-state index is 0.386. The van der Waals surface area contributed by atoms with Crippen LogP contribution in [0.4, 0.5) is 0 Å². The van der Waals surface area contributed by atoms with Crippen LogP contribution >= 0.6 is 0 Å². The van der Waals surface area contributed by atoms with E-state index in [9.17, 15) is 4.79 Å². The maximum absolute atomic E-state index is 10.9. The third-order valence-electron chi connectivity index (χ3n) is 4.64. The van der Waals surface area contributed by atoms with E-state index in [1.807, 2.05) is 12.1 Å². The van der Waals surface area contributed by atoms with E-state index >= 15 is 0 Å². The highest BCUT2D eigenvalue weighted by Crippen LogP contribution is 2.41. The molecule has 1 aromatic carbocycles. The van der Waals surface area contributed by atoms with Crippen LogP contribution in [-0.4, -0.2) is 11.1 Å². The van der Waals surface area contributed by atoms with Crippen molar-refractivity contribution in [3.8, 4) is 0 Å². The molecule has 0 aliphatic heterocycles. The van der Waals surface area contributed by atoms with E-state index in [4.69, 9.17) is 5.11 Å². The molecule has 0 amide bonds. The molecule has 0 heterocycles. The quantitative estimate of drug-likeness (QED) is 0.851. The zero-order valence-electron chi connectivity index (χ0n) is 11.9. The molecule has 104 valence electrons. The Morgan fingerprint density at radius 2 is 1.95 bits per heavy atom. The third-order valence-corrected chi connectivity index (χ3v) is 4.64. The molecular formula is C17H24O2. The summed E-state index contributed by atoms with van der Waals surface area (Å²) < 4.78 is 0. The van der Waals surface area contributed by atoms with Gasteiger partial charge in [-0.15, -0.1) is 0 Å². The van der Waals surface area contributed by atoms with Crippen LogP contribution in [-0.2, 0) is 0 Å². The molecule has 2 nitrogen and oxygen atoms in total. The largest absolute Gasteiger partial charge is 0.478 e. The van der Waals surface area contributed by atoms with Gasteiger partial charge in [0.25, 0.3) is 0 Å². The first kappa shape index (κ1) is 14.1. The monoisotopic (exact) mass is 260 g/mol. The third kappa shape index (κ3) is 3.37. The molecule has 0 radical (unpaired) electrons. The van der Waals surface area contributed by atoms with Gasteiger partial charge < -0.3 is 5.11 Å². The Balaban J connectivity index is 2.01. The van der Waals surface area contributed by atoms with Crippen LogP contribution in [0, 0.1) is 11.8 Å². The zero-order valence-corrected chi connectivity index (χ0v) is 11.9. The fourth-order valence-electron chi connectivity index (χ4n) is 3.46. The van der Waals surface area contributed by atoms with Crippen molar-refractivity contribution in [2.45, 2.75) is 51.9 Å². The Hall–Kier alpha value is -1.31. The van der Waals surface area contributed by atoms with E-state index in [2.05, 4.69) is 13.8 Å². The van der Waals surface area contributed by atoms with Crippen molar-refractivity contribution < 1.29 is 9.90 Å². The summed E-state index contributed by atoms with van der Waals surface area (Å²) in [6.45, 7) is 4.64. The maximum Gasteiger partial charge on any atom is 0.335 e. The topological polar surface area (TPSA) is 37.3 Å². The number of hydrogen-bond acceptors (Lipinski definition) is 1. The normalized spacial score (nSPS) is 27.2. The van der Waals surface area contributed by atoms with Crippen molar-refractivity contribution in [2.75, 3.05) is 0 Å². The van der Waals surface area contributed by atoms with Gasteiger partial charge in [0.1, 0.15) is 0 Å². The summed E-state index contributed by atoms with van der Waals surface area (Å²) in [4.78, 5) is 10.9. The molecule has 1 aromatic rings. The van der Waals surface area contributed by atoms with Crippen LogP contribution in [0.15, 0.2) is 24.3 Å². The fraction of sp³-hybridized carbons (Fsp3) is 0.588. The van der Waals surface area contributed by atoms with Crippen molar-refractivity contribution in [2.24, 2.45) is 11.8 Å². The number of rotatable bonds is 4. The van der Waals surface area contributed by atoms with Crippen molar-refractivity contribution in [1.29, 1.82) is 0 Å². The van der Waals surface area contributed by atoms with Gasteiger partial charge in [-0.3, -0.25) is 0 Å². The maximum atomic E-state index is 10.9. The minimum Gasteiger partial charge on any atom is -0.478 e. The SMILES string of the molecule is CCC[C@@H]1CC[C@@H](c2ccc(C(=O)O)cc2)C[C@@H]1C. The molecule has 0 bridgehead atoms. The average molecular weight is 260 g/mol. The van der Waals surface area contributed by atoms with Gasteiger partial charge in [0.15, 0.2) is 0 Å². The van der Waals surface area contributed by atoms with Gasteiger partial charge in [-0.05, 0) is 54.7 Å². The Labute approximate surface area is 115 Å². The molecule has 0 saturated heterocycles. The van der Waals surface area contributed by atoms with Crippen LogP contribution in [0.25, 0.3) is 0 Å². The first-order valence-corrected chi connectivity index (χ1v) is 7.45. The van der Waals surface area contributed by atoms with Crippen LogP contribution in [0.3, 0.4) is 0 Å². The summed E-state index contributed by atoms with van der Waals surface area (Å²) >= 11 is 0. The number of hydrogen-bond donors (Lipinski definition) is 1. The highest BCUT2D eigenvalue weighted by Gasteiger charge is 2.27. The number of carboxylic acids is 1. The number of benzene rings is 1. The Kier molecular flexibility index (Phi) is 4.62. The van der Waals surface area contributed by atoms with Crippen LogP contribution < -0.4 is 0 Å². The lowest BCUT2D eigenvalue weighted by Gasteiger charge is -2.34. The van der Waals surface area contributed by atoms with E-state index < -0.39 is 5.97 Å². The van der Waals surface area contributed by atoms with E-state index in [-0.39, 0.29) is 0 Å². The standard InChI is InChI=1S/C17H24O2/c1-3-4-13-5-10-16(11-12(13)2)14-6-8-15(9-7-14)17(18)19/h6-9,12-13,16H,3-5,10-11H2,1-2H3,(H,18,19)/t12-,13+,16+/m0/s1. The molecule has 1 N–H and O–H groups in total. The van der Waals surface area contributed by atoms with Crippen molar-refractivity contribution >= 4 is 5.97 Å². The number of carboxylic acid groups (broad SMARTS) is 1. The van der Waals surface area contributed by atoms with Gasteiger partial charge in [0.2, 0.25) is 0 Å². The predicted molar refractivity (Wildman–Crippen MR) is 77.6 cm³/mol. The van der Waals surface area contributed by atoms with Crippen molar-refractivity contribution in [3.05, 3.63) is 35.4 Å². The summed E-state index contributed by atoms with van der Waals surface area (Å²) in [6.07, 6.45) is 6.46. The second kappa shape index (κ2) is 6.23. The zero-order chi connectivity index (χ0) is 13.8. The fourth-order valence-corrected chi connectivity index (χ4v) is 3.46. The molecular weight excluding hydrogens is 236 g/mol. The van der Waals surface area contributed by atoms with Gasteiger partial charge >= 0.3 is 5.97 Å². The average Bonchev–Trinajstić information content (AvgIpc) is 2.41. The number of carbonyl (C=O) groups is 1. The molecule has 1 aliphatic rings. The van der Waals surface area contributed by atoms with Gasteiger partial charge in [0.05, 0.1) is 5.56 Å². The molecule has 1 aliphatic carbocycles. The van der Waals surface area contributed by atoms with Gasteiger partial charge in [-0.2, -0.15) is 0 Å². The smallest absolute Gasteiger partial charge is 0.335 e. The molecule has 2 heteroatoms. The lowest BCUT2D eigenvalue weighted by atomic mass is 9.71. The van der Waals surface area contributed by atoms with Crippen molar-refractivity contribution in [1.82, 2.24) is 0 Å². The molecule has 19 heavy (non-hydrogen) atoms. The van der Waals surface area contributed by atoms with Gasteiger partial charge in [0, 0.05) is 0 Å². The Bertz CT molecular complexity index is 421. The molecule has 0 spiro atoms. The van der Waals surface area contributed by atoms with Crippen LogP contribution in [0.2, 0.25) is 0 Å². The van der Waals surface area contributed by atoms with Crippen LogP contribution in [0.5, 0.6) is 0 Å². The van der Waals surface area contributed by atoms with Crippen LogP contribution in [0.1, 0.15) is 67.8 Å². The first-order valence-electron chi connectivity index (χ1n) is 7.45. The molecule has 0 unspecified atom stereocenters. The van der Waals surface area contributed by atoms with Gasteiger partial charge in [-0.1, -0.05) is 38.8 Å². The highest BCUT2D eigenvalue weighted by atomic mass is 16.4. The Morgan fingerprint density at radius 3 is 2.47 bits per heavy atom. The lowest BCUT2D eigenvalue weighted by molar-refractivity contribution is 0.0697. The lowest BCUT2D eigenvalue weighted by Crippen LogP contribution is -2.21. The highest BCUT2D eigenvalue weighted by molar-refractivity contribution is 5.87. The predicted octanol–water partition coefficient (Wildman–Crippen LogP) is 4.70. The first-order chi connectivity index (χ1) is 9.11. The molecule has 3 atom stereocenters. The molecule has 2 rings (SSSR count). The van der Waals surface area contributed by atoms with Gasteiger partial charge in [-0.25, -0.2) is 4.79 Å². The minimum atomic E-state index is -0.841. The molecule has 0 aromatic heterocycles. The summed E-state index contributed by atoms with van der Waals surface area (Å²) in [5, 5.41) is 8.92.